The highest BCUT2D eigenvalue weighted by atomic mass is 32.1. The number of nitrogens with one attached hydrogen (secondary N) is 1. The van der Waals surface area contributed by atoms with Crippen LogP contribution in [-0.2, 0) is 6.18 Å². The summed E-state index contributed by atoms with van der Waals surface area (Å²) in [7, 11) is 0. The van der Waals surface area contributed by atoms with E-state index in [9.17, 15) is 22.4 Å². The number of thiazole rings is 1. The molecule has 2 aromatic heterocycles. The summed E-state index contributed by atoms with van der Waals surface area (Å²) in [5, 5.41) is 4.40. The number of pyridine rings is 1. The Labute approximate surface area is 149 Å². The topological polar surface area (TPSA) is 54.9 Å². The largest absolute Gasteiger partial charge is 0.433 e. The molecule has 0 aliphatic rings. The highest BCUT2D eigenvalue weighted by Gasteiger charge is 2.33. The van der Waals surface area contributed by atoms with E-state index in [0.717, 1.165) is 23.5 Å². The van der Waals surface area contributed by atoms with E-state index >= 15 is 0 Å². The molecule has 0 aliphatic heterocycles. The van der Waals surface area contributed by atoms with Crippen molar-refractivity contribution in [1.82, 2.24) is 9.97 Å². The average molecular weight is 381 g/mol. The van der Waals surface area contributed by atoms with E-state index in [1.54, 1.807) is 17.5 Å². The summed E-state index contributed by atoms with van der Waals surface area (Å²) >= 11 is 1.12. The fourth-order valence-electron chi connectivity index (χ4n) is 2.23. The average Bonchev–Trinajstić information content (AvgIpc) is 3.02. The summed E-state index contributed by atoms with van der Waals surface area (Å²) in [5.74, 6) is -1.03. The summed E-state index contributed by atoms with van der Waals surface area (Å²) in [5.41, 5.74) is -0.0601. The van der Waals surface area contributed by atoms with E-state index in [1.807, 2.05) is 0 Å². The Morgan fingerprint density at radius 1 is 1.15 bits per heavy atom. The number of hydrogen-bond donors (Lipinski definition) is 1. The Kier molecular flexibility index (Phi) is 4.73. The van der Waals surface area contributed by atoms with E-state index in [4.69, 9.17) is 0 Å². The molecule has 0 unspecified atom stereocenters. The Bertz CT molecular complexity index is 969. The first-order valence-corrected chi connectivity index (χ1v) is 8.19. The van der Waals surface area contributed by atoms with Gasteiger partial charge in [-0.2, -0.15) is 13.2 Å². The van der Waals surface area contributed by atoms with Crippen LogP contribution in [0.5, 0.6) is 0 Å². The van der Waals surface area contributed by atoms with Crippen LogP contribution in [-0.4, -0.2) is 15.9 Å². The van der Waals surface area contributed by atoms with Crippen molar-refractivity contribution in [2.45, 2.75) is 13.1 Å². The molecule has 1 aromatic carbocycles. The summed E-state index contributed by atoms with van der Waals surface area (Å²) < 4.78 is 51.2. The van der Waals surface area contributed by atoms with Crippen molar-refractivity contribution in [2.75, 3.05) is 5.32 Å². The lowest BCUT2D eigenvalue weighted by Gasteiger charge is -2.09. The maximum Gasteiger partial charge on any atom is 0.433 e. The van der Waals surface area contributed by atoms with Gasteiger partial charge in [0.1, 0.15) is 11.5 Å². The van der Waals surface area contributed by atoms with Crippen LogP contribution in [0.25, 0.3) is 11.3 Å². The van der Waals surface area contributed by atoms with Gasteiger partial charge in [0.25, 0.3) is 5.91 Å². The first kappa shape index (κ1) is 18.0. The number of hydrogen-bond acceptors (Lipinski definition) is 4. The molecule has 0 saturated heterocycles. The maximum atomic E-state index is 13.3. The third-order valence-corrected chi connectivity index (χ3v) is 4.22. The number of alkyl halides is 3. The smallest absolute Gasteiger partial charge is 0.298 e. The first-order valence-electron chi connectivity index (χ1n) is 7.32. The van der Waals surface area contributed by atoms with Crippen molar-refractivity contribution in [3.05, 3.63) is 64.5 Å². The SMILES string of the molecule is Cc1nc(C(F)(F)F)ccc1C(=O)Nc1nc(-c2cccc(F)c2)cs1. The van der Waals surface area contributed by atoms with Crippen LogP contribution in [0.3, 0.4) is 0 Å². The van der Waals surface area contributed by atoms with Gasteiger partial charge in [0.05, 0.1) is 17.0 Å². The lowest BCUT2D eigenvalue weighted by atomic mass is 10.1. The van der Waals surface area contributed by atoms with Gasteiger partial charge in [-0.1, -0.05) is 12.1 Å². The minimum absolute atomic E-state index is 0.0144. The molecule has 0 saturated carbocycles. The number of carbonyl (C=O) groups is 1. The Balaban J connectivity index is 1.79. The van der Waals surface area contributed by atoms with Gasteiger partial charge in [0.2, 0.25) is 0 Å². The second-order valence-corrected chi connectivity index (χ2v) is 6.19. The summed E-state index contributed by atoms with van der Waals surface area (Å²) in [6.45, 7) is 1.32. The van der Waals surface area contributed by atoms with Crippen LogP contribution in [0.15, 0.2) is 41.8 Å². The van der Waals surface area contributed by atoms with Crippen molar-refractivity contribution in [2.24, 2.45) is 0 Å². The minimum atomic E-state index is -4.57. The molecule has 9 heteroatoms. The predicted molar refractivity (Wildman–Crippen MR) is 89.4 cm³/mol. The molecule has 0 bridgehead atoms. The lowest BCUT2D eigenvalue weighted by Crippen LogP contribution is -2.16. The van der Waals surface area contributed by atoms with Crippen LogP contribution < -0.4 is 5.32 Å². The molecule has 3 rings (SSSR count). The van der Waals surface area contributed by atoms with Crippen molar-refractivity contribution in [3.63, 3.8) is 0 Å². The lowest BCUT2D eigenvalue weighted by molar-refractivity contribution is -0.141. The molecule has 0 radical (unpaired) electrons. The highest BCUT2D eigenvalue weighted by Crippen LogP contribution is 2.29. The zero-order valence-corrected chi connectivity index (χ0v) is 14.1. The van der Waals surface area contributed by atoms with Gasteiger partial charge in [-0.05, 0) is 31.2 Å². The molecule has 26 heavy (non-hydrogen) atoms. The number of aryl methyl sites for hydroxylation is 1. The number of carbonyl (C=O) groups excluding carboxylic acids is 1. The number of amides is 1. The van der Waals surface area contributed by atoms with Gasteiger partial charge in [-0.15, -0.1) is 11.3 Å². The third-order valence-electron chi connectivity index (χ3n) is 3.47. The molecule has 0 spiro atoms. The number of rotatable bonds is 3. The molecular formula is C17H11F4N3OS. The molecule has 3 aromatic rings. The summed E-state index contributed by atoms with van der Waals surface area (Å²) in [6, 6.07) is 7.65. The van der Waals surface area contributed by atoms with E-state index < -0.39 is 23.6 Å². The van der Waals surface area contributed by atoms with Gasteiger partial charge in [0.15, 0.2) is 5.13 Å². The quantitative estimate of drug-likeness (QED) is 0.655. The first-order chi connectivity index (χ1) is 12.2. The third kappa shape index (κ3) is 3.88. The molecule has 134 valence electrons. The Morgan fingerprint density at radius 3 is 2.58 bits per heavy atom. The van der Waals surface area contributed by atoms with Gasteiger partial charge in [-0.25, -0.2) is 14.4 Å². The Hall–Kier alpha value is -2.81. The van der Waals surface area contributed by atoms with E-state index in [-0.39, 0.29) is 16.4 Å². The van der Waals surface area contributed by atoms with Gasteiger partial charge >= 0.3 is 6.18 Å². The zero-order chi connectivity index (χ0) is 18.9. The van der Waals surface area contributed by atoms with Crippen LogP contribution in [0.1, 0.15) is 21.7 Å². The number of halogens is 4. The molecule has 2 heterocycles. The molecule has 1 amide bonds. The Morgan fingerprint density at radius 2 is 1.92 bits per heavy atom. The van der Waals surface area contributed by atoms with Gasteiger partial charge in [0, 0.05) is 10.9 Å². The minimum Gasteiger partial charge on any atom is -0.298 e. The number of anilines is 1. The van der Waals surface area contributed by atoms with E-state index in [2.05, 4.69) is 15.3 Å². The number of nitrogens with zero attached hydrogens (tertiary/aromatic N) is 2. The highest BCUT2D eigenvalue weighted by molar-refractivity contribution is 7.14. The number of benzene rings is 1. The molecule has 1 N–H and O–H groups in total. The zero-order valence-electron chi connectivity index (χ0n) is 13.3. The van der Waals surface area contributed by atoms with Crippen molar-refractivity contribution in [3.8, 4) is 11.3 Å². The standard InChI is InChI=1S/C17H11F4N3OS/c1-9-12(5-6-14(22-9)17(19,20)21)15(25)24-16-23-13(8-26-16)10-3-2-4-11(18)7-10/h2-8H,1H3,(H,23,24,25). The molecule has 0 fully saturated rings. The molecule has 0 aliphatic carbocycles. The van der Waals surface area contributed by atoms with Crippen LogP contribution >= 0.6 is 11.3 Å². The number of aromatic nitrogens is 2. The monoisotopic (exact) mass is 381 g/mol. The predicted octanol–water partition coefficient (Wildman–Crippen LogP) is 4.92. The maximum absolute atomic E-state index is 13.3. The summed E-state index contributed by atoms with van der Waals surface area (Å²) in [6.07, 6.45) is -4.57. The van der Waals surface area contributed by atoms with Crippen LogP contribution in [0.4, 0.5) is 22.7 Å². The fraction of sp³-hybridized carbons (Fsp3) is 0.118. The van der Waals surface area contributed by atoms with Gasteiger partial charge in [-0.3, -0.25) is 10.1 Å². The molecular weight excluding hydrogens is 370 g/mol. The van der Waals surface area contributed by atoms with Crippen molar-refractivity contribution >= 4 is 22.4 Å². The van der Waals surface area contributed by atoms with Crippen molar-refractivity contribution < 1.29 is 22.4 Å². The second-order valence-electron chi connectivity index (χ2n) is 5.33. The van der Waals surface area contributed by atoms with Crippen LogP contribution in [0, 0.1) is 12.7 Å². The van der Waals surface area contributed by atoms with E-state index in [0.29, 0.717) is 11.3 Å². The van der Waals surface area contributed by atoms with E-state index in [1.165, 1.54) is 19.1 Å². The summed E-state index contributed by atoms with van der Waals surface area (Å²) in [4.78, 5) is 19.9. The molecule has 4 nitrogen and oxygen atoms in total. The fourth-order valence-corrected chi connectivity index (χ4v) is 2.95. The normalized spacial score (nSPS) is 11.4. The van der Waals surface area contributed by atoms with Gasteiger partial charge < -0.3 is 0 Å². The second kappa shape index (κ2) is 6.83. The van der Waals surface area contributed by atoms with Crippen LogP contribution in [0.2, 0.25) is 0 Å². The van der Waals surface area contributed by atoms with Crippen molar-refractivity contribution in [1.29, 1.82) is 0 Å². The molecule has 0 atom stereocenters.